The summed E-state index contributed by atoms with van der Waals surface area (Å²) in [5.74, 6) is 0.695. The highest BCUT2D eigenvalue weighted by molar-refractivity contribution is 14.1. The molecular weight excluding hydrogens is 375 g/mol. The van der Waals surface area contributed by atoms with E-state index in [-0.39, 0.29) is 5.38 Å². The number of benzene rings is 1. The molecule has 1 heterocycles. The van der Waals surface area contributed by atoms with E-state index in [0.717, 1.165) is 6.42 Å². The van der Waals surface area contributed by atoms with Gasteiger partial charge in [-0.05, 0) is 63.1 Å². The van der Waals surface area contributed by atoms with Crippen molar-refractivity contribution in [3.05, 3.63) is 55.3 Å². The SMILES string of the molecule is CC(C)Cc1ccc(C(Cl)c2csc(I)c2)cc1. The summed E-state index contributed by atoms with van der Waals surface area (Å²) in [5, 5.41) is 2.11. The second kappa shape index (κ2) is 6.40. The smallest absolute Gasteiger partial charge is 0.0843 e. The fourth-order valence-corrected chi connectivity index (χ4v) is 3.69. The first-order chi connectivity index (χ1) is 8.56. The van der Waals surface area contributed by atoms with Gasteiger partial charge in [0, 0.05) is 0 Å². The average molecular weight is 391 g/mol. The van der Waals surface area contributed by atoms with E-state index in [2.05, 4.69) is 72.2 Å². The van der Waals surface area contributed by atoms with Crippen LogP contribution in [0.25, 0.3) is 0 Å². The highest BCUT2D eigenvalue weighted by atomic mass is 127. The minimum absolute atomic E-state index is 0.0298. The predicted molar refractivity (Wildman–Crippen MR) is 89.7 cm³/mol. The number of halogens is 2. The Morgan fingerprint density at radius 1 is 1.17 bits per heavy atom. The molecule has 0 radical (unpaired) electrons. The van der Waals surface area contributed by atoms with Gasteiger partial charge in [0.1, 0.15) is 0 Å². The fraction of sp³-hybridized carbons (Fsp3) is 0.333. The molecule has 0 fully saturated rings. The summed E-state index contributed by atoms with van der Waals surface area (Å²) < 4.78 is 1.28. The van der Waals surface area contributed by atoms with Crippen LogP contribution in [0.5, 0.6) is 0 Å². The zero-order valence-corrected chi connectivity index (χ0v) is 14.2. The first kappa shape index (κ1) is 14.4. The van der Waals surface area contributed by atoms with Crippen molar-refractivity contribution >= 4 is 45.5 Å². The van der Waals surface area contributed by atoms with Crippen molar-refractivity contribution in [3.8, 4) is 0 Å². The van der Waals surface area contributed by atoms with Crippen LogP contribution in [0.15, 0.2) is 35.7 Å². The monoisotopic (exact) mass is 390 g/mol. The molecule has 3 heteroatoms. The van der Waals surface area contributed by atoms with Crippen LogP contribution in [0.4, 0.5) is 0 Å². The molecule has 0 nitrogen and oxygen atoms in total. The predicted octanol–water partition coefficient (Wildman–Crippen LogP) is 5.88. The lowest BCUT2D eigenvalue weighted by Crippen LogP contribution is -1.96. The van der Waals surface area contributed by atoms with E-state index in [0.29, 0.717) is 5.92 Å². The van der Waals surface area contributed by atoms with Gasteiger partial charge >= 0.3 is 0 Å². The summed E-state index contributed by atoms with van der Waals surface area (Å²) >= 11 is 10.6. The maximum absolute atomic E-state index is 6.51. The zero-order valence-electron chi connectivity index (χ0n) is 10.5. The maximum Gasteiger partial charge on any atom is 0.0843 e. The lowest BCUT2D eigenvalue weighted by atomic mass is 10.00. The summed E-state index contributed by atoms with van der Waals surface area (Å²) in [7, 11) is 0. The Bertz CT molecular complexity index is 501. The van der Waals surface area contributed by atoms with E-state index in [9.17, 15) is 0 Å². The summed E-state index contributed by atoms with van der Waals surface area (Å²) in [6.45, 7) is 4.48. The normalized spacial score (nSPS) is 12.9. The first-order valence-electron chi connectivity index (χ1n) is 6.03. The van der Waals surface area contributed by atoms with E-state index in [1.165, 1.54) is 19.6 Å². The molecule has 0 aliphatic rings. The van der Waals surface area contributed by atoms with E-state index in [4.69, 9.17) is 11.6 Å². The molecule has 0 saturated carbocycles. The topological polar surface area (TPSA) is 0 Å². The molecule has 1 atom stereocenters. The van der Waals surface area contributed by atoms with E-state index in [1.54, 1.807) is 11.3 Å². The van der Waals surface area contributed by atoms with Crippen LogP contribution in [-0.2, 0) is 6.42 Å². The van der Waals surface area contributed by atoms with Crippen molar-refractivity contribution in [1.29, 1.82) is 0 Å². The molecule has 2 rings (SSSR count). The molecule has 0 bridgehead atoms. The van der Waals surface area contributed by atoms with Gasteiger partial charge in [-0.3, -0.25) is 0 Å². The fourth-order valence-electron chi connectivity index (χ4n) is 1.94. The summed E-state index contributed by atoms with van der Waals surface area (Å²) in [5.41, 5.74) is 3.76. The largest absolute Gasteiger partial charge is 0.137 e. The Labute approximate surface area is 132 Å². The molecule has 1 unspecified atom stereocenters. The molecule has 0 N–H and O–H groups in total. The minimum atomic E-state index is -0.0298. The average Bonchev–Trinajstić information content (AvgIpc) is 2.75. The number of thiophene rings is 1. The standard InChI is InChI=1S/C15H16ClIS/c1-10(2)7-11-3-5-12(6-4-11)15(16)13-8-14(17)18-9-13/h3-6,8-10,15H,7H2,1-2H3. The van der Waals surface area contributed by atoms with Crippen molar-refractivity contribution in [1.82, 2.24) is 0 Å². The van der Waals surface area contributed by atoms with E-state index >= 15 is 0 Å². The van der Waals surface area contributed by atoms with Gasteiger partial charge in [-0.1, -0.05) is 38.1 Å². The molecule has 1 aromatic heterocycles. The molecule has 18 heavy (non-hydrogen) atoms. The minimum Gasteiger partial charge on any atom is -0.137 e. The molecule has 0 saturated heterocycles. The van der Waals surface area contributed by atoms with Crippen LogP contribution in [0.3, 0.4) is 0 Å². The number of alkyl halides is 1. The summed E-state index contributed by atoms with van der Waals surface area (Å²) in [4.78, 5) is 0. The molecule has 96 valence electrons. The third kappa shape index (κ3) is 3.72. The van der Waals surface area contributed by atoms with Gasteiger partial charge < -0.3 is 0 Å². The molecular formula is C15H16ClIS. The van der Waals surface area contributed by atoms with Gasteiger partial charge in [-0.2, -0.15) is 0 Å². The van der Waals surface area contributed by atoms with Gasteiger partial charge in [0.2, 0.25) is 0 Å². The number of rotatable bonds is 4. The van der Waals surface area contributed by atoms with Gasteiger partial charge in [0.05, 0.1) is 8.26 Å². The zero-order chi connectivity index (χ0) is 13.1. The molecule has 0 aliphatic carbocycles. The van der Waals surface area contributed by atoms with Gasteiger partial charge in [-0.25, -0.2) is 0 Å². The quantitative estimate of drug-likeness (QED) is 0.452. The van der Waals surface area contributed by atoms with Crippen LogP contribution >= 0.6 is 45.5 Å². The second-order valence-corrected chi connectivity index (χ2v) is 8.13. The van der Waals surface area contributed by atoms with Gasteiger partial charge in [0.15, 0.2) is 0 Å². The lowest BCUT2D eigenvalue weighted by molar-refractivity contribution is 0.647. The third-order valence-electron chi connectivity index (χ3n) is 2.80. The maximum atomic E-state index is 6.51. The second-order valence-electron chi connectivity index (χ2n) is 4.89. The van der Waals surface area contributed by atoms with Crippen LogP contribution < -0.4 is 0 Å². The van der Waals surface area contributed by atoms with Gasteiger partial charge in [0.25, 0.3) is 0 Å². The molecule has 0 spiro atoms. The molecule has 0 aliphatic heterocycles. The van der Waals surface area contributed by atoms with Crippen molar-refractivity contribution in [2.75, 3.05) is 0 Å². The first-order valence-corrected chi connectivity index (χ1v) is 8.42. The Morgan fingerprint density at radius 2 is 1.83 bits per heavy atom. The van der Waals surface area contributed by atoms with Crippen LogP contribution in [0.1, 0.15) is 35.9 Å². The lowest BCUT2D eigenvalue weighted by Gasteiger charge is -2.10. The molecule has 1 aromatic carbocycles. The Kier molecular flexibility index (Phi) is 5.10. The Hall–Kier alpha value is -0.0600. The summed E-state index contributed by atoms with van der Waals surface area (Å²) in [6.07, 6.45) is 1.13. The third-order valence-corrected chi connectivity index (χ3v) is 5.11. The van der Waals surface area contributed by atoms with Crippen LogP contribution in [0.2, 0.25) is 0 Å². The van der Waals surface area contributed by atoms with Crippen LogP contribution in [-0.4, -0.2) is 0 Å². The number of hydrogen-bond donors (Lipinski definition) is 0. The molecule has 0 amide bonds. The molecule has 2 aromatic rings. The van der Waals surface area contributed by atoms with Crippen LogP contribution in [0, 0.1) is 8.80 Å². The Balaban J connectivity index is 2.14. The highest BCUT2D eigenvalue weighted by Crippen LogP contribution is 2.32. The van der Waals surface area contributed by atoms with Crippen molar-refractivity contribution < 1.29 is 0 Å². The number of hydrogen-bond acceptors (Lipinski definition) is 1. The van der Waals surface area contributed by atoms with Crippen molar-refractivity contribution in [2.24, 2.45) is 5.92 Å². The Morgan fingerprint density at radius 3 is 2.33 bits per heavy atom. The van der Waals surface area contributed by atoms with E-state index < -0.39 is 0 Å². The van der Waals surface area contributed by atoms with Crippen molar-refractivity contribution in [3.63, 3.8) is 0 Å². The van der Waals surface area contributed by atoms with Crippen molar-refractivity contribution in [2.45, 2.75) is 25.6 Å². The van der Waals surface area contributed by atoms with E-state index in [1.807, 2.05) is 0 Å². The van der Waals surface area contributed by atoms with Gasteiger partial charge in [-0.15, -0.1) is 22.9 Å². The highest BCUT2D eigenvalue weighted by Gasteiger charge is 2.12. The summed E-state index contributed by atoms with van der Waals surface area (Å²) in [6, 6.07) is 10.9.